The van der Waals surface area contributed by atoms with Gasteiger partial charge >= 0.3 is 5.97 Å². The molecule has 5 nitrogen and oxygen atoms in total. The number of thioether (sulfide) groups is 1. The molecule has 0 bridgehead atoms. The molecule has 0 fully saturated rings. The number of hydrogen-bond donors (Lipinski definition) is 1. The Bertz CT molecular complexity index is 927. The minimum atomic E-state index is -2.53. The first-order valence-corrected chi connectivity index (χ1v) is 11.8. The highest BCUT2D eigenvalue weighted by atomic mass is 32.2. The minimum absolute atomic E-state index is 0.164. The molecule has 2 rings (SSSR count). The molecular weight excluding hydrogens is 448 g/mol. The van der Waals surface area contributed by atoms with Gasteiger partial charge in [0, 0.05) is 35.0 Å². The van der Waals surface area contributed by atoms with Crippen molar-refractivity contribution >= 4 is 23.6 Å². The number of para-hydroxylation sites is 1. The maximum absolute atomic E-state index is 13.2. The van der Waals surface area contributed by atoms with Crippen molar-refractivity contribution in [2.75, 3.05) is 6.61 Å². The summed E-state index contributed by atoms with van der Waals surface area (Å²) in [5.41, 5.74) is 0.879. The first-order chi connectivity index (χ1) is 16.2. The number of benzene rings is 2. The standard InChI is InChI=1S/C25H31F2NO4S/c1-18(2)28(24(31)19-12-14-21(15-13-19)33-25(26)27)17-20-9-6-7-10-22(20)32-16-8-4-3-5-11-23(29)30/h6-7,9-10,12-15,18,25H,3-5,8,11,16-17H2,1-2H3,(H,29,30)/i17D. The fourth-order valence-electron chi connectivity index (χ4n) is 3.15. The summed E-state index contributed by atoms with van der Waals surface area (Å²) in [6.45, 7) is 3.05. The highest BCUT2D eigenvalue weighted by molar-refractivity contribution is 7.99. The molecule has 0 aromatic heterocycles. The number of carbonyl (C=O) groups is 2. The second-order valence-electron chi connectivity index (χ2n) is 7.78. The predicted molar refractivity (Wildman–Crippen MR) is 126 cm³/mol. The molecule has 8 heteroatoms. The van der Waals surface area contributed by atoms with Crippen molar-refractivity contribution in [2.24, 2.45) is 0 Å². The summed E-state index contributed by atoms with van der Waals surface area (Å²) in [7, 11) is 0. The van der Waals surface area contributed by atoms with E-state index in [2.05, 4.69) is 0 Å². The number of alkyl halides is 2. The third kappa shape index (κ3) is 9.42. The van der Waals surface area contributed by atoms with Gasteiger partial charge in [0.1, 0.15) is 5.75 Å². The predicted octanol–water partition coefficient (Wildman–Crippen LogP) is 6.47. The Morgan fingerprint density at radius 1 is 1.06 bits per heavy atom. The molecule has 33 heavy (non-hydrogen) atoms. The second-order valence-corrected chi connectivity index (χ2v) is 8.85. The summed E-state index contributed by atoms with van der Waals surface area (Å²) in [6.07, 6.45) is 3.20. The molecule has 0 saturated heterocycles. The van der Waals surface area contributed by atoms with Crippen LogP contribution in [0.1, 0.15) is 63.2 Å². The number of unbranched alkanes of at least 4 members (excludes halogenated alkanes) is 3. The maximum Gasteiger partial charge on any atom is 0.303 e. The van der Waals surface area contributed by atoms with Gasteiger partial charge in [0.25, 0.3) is 11.7 Å². The van der Waals surface area contributed by atoms with E-state index in [1.54, 1.807) is 24.3 Å². The monoisotopic (exact) mass is 480 g/mol. The molecule has 1 amide bonds. The van der Waals surface area contributed by atoms with Crippen molar-refractivity contribution in [3.8, 4) is 5.75 Å². The first kappa shape index (κ1) is 25.0. The number of carbonyl (C=O) groups excluding carboxylic acids is 1. The number of hydrogen-bond acceptors (Lipinski definition) is 4. The van der Waals surface area contributed by atoms with E-state index in [9.17, 15) is 18.4 Å². The molecule has 0 aliphatic rings. The molecule has 0 heterocycles. The van der Waals surface area contributed by atoms with Gasteiger partial charge in [0.15, 0.2) is 0 Å². The van der Waals surface area contributed by atoms with Crippen molar-refractivity contribution in [1.29, 1.82) is 0 Å². The van der Waals surface area contributed by atoms with Gasteiger partial charge in [-0.05, 0) is 57.0 Å². The van der Waals surface area contributed by atoms with Crippen LogP contribution >= 0.6 is 11.8 Å². The molecule has 1 N–H and O–H groups in total. The Labute approximate surface area is 199 Å². The Kier molecular flexibility index (Phi) is 10.5. The molecule has 2 aromatic rings. The summed E-state index contributed by atoms with van der Waals surface area (Å²) in [6, 6.07) is 12.8. The van der Waals surface area contributed by atoms with Crippen LogP contribution in [0.15, 0.2) is 53.4 Å². The highest BCUT2D eigenvalue weighted by Gasteiger charge is 2.21. The lowest BCUT2D eigenvalue weighted by atomic mass is 10.1. The summed E-state index contributed by atoms with van der Waals surface area (Å²) in [5.74, 6) is -3.17. The van der Waals surface area contributed by atoms with E-state index in [1.807, 2.05) is 13.8 Å². The van der Waals surface area contributed by atoms with Crippen LogP contribution in [-0.2, 0) is 11.3 Å². The van der Waals surface area contributed by atoms with Crippen molar-refractivity contribution in [3.63, 3.8) is 0 Å². The molecule has 1 unspecified atom stereocenters. The first-order valence-electron chi connectivity index (χ1n) is 11.5. The van der Waals surface area contributed by atoms with Crippen molar-refractivity contribution < 1.29 is 29.6 Å². The number of carboxylic acid groups (broad SMARTS) is 1. The summed E-state index contributed by atoms with van der Waals surface area (Å²) < 4.78 is 39.9. The Morgan fingerprint density at radius 2 is 1.73 bits per heavy atom. The zero-order chi connectivity index (χ0) is 25.1. The zero-order valence-corrected chi connectivity index (χ0v) is 19.7. The number of carboxylic acids is 1. The third-order valence-electron chi connectivity index (χ3n) is 4.86. The average Bonchev–Trinajstić information content (AvgIpc) is 2.78. The largest absolute Gasteiger partial charge is 0.493 e. The summed E-state index contributed by atoms with van der Waals surface area (Å²) in [4.78, 5) is 25.6. The van der Waals surface area contributed by atoms with Gasteiger partial charge in [-0.3, -0.25) is 9.59 Å². The quantitative estimate of drug-likeness (QED) is 0.248. The van der Waals surface area contributed by atoms with E-state index in [1.165, 1.54) is 29.2 Å². The molecule has 180 valence electrons. The molecular formula is C25H31F2NO4S. The molecule has 0 spiro atoms. The van der Waals surface area contributed by atoms with Crippen LogP contribution in [0.3, 0.4) is 0 Å². The van der Waals surface area contributed by atoms with Gasteiger partial charge in [-0.1, -0.05) is 42.8 Å². The van der Waals surface area contributed by atoms with Crippen LogP contribution in [0, 0.1) is 0 Å². The number of nitrogens with zero attached hydrogens (tertiary/aromatic N) is 1. The van der Waals surface area contributed by atoms with E-state index in [0.29, 0.717) is 46.6 Å². The van der Waals surface area contributed by atoms with Gasteiger partial charge in [-0.15, -0.1) is 0 Å². The van der Waals surface area contributed by atoms with Crippen LogP contribution in [0.25, 0.3) is 0 Å². The van der Waals surface area contributed by atoms with Gasteiger partial charge < -0.3 is 14.7 Å². The smallest absolute Gasteiger partial charge is 0.303 e. The Hall–Kier alpha value is -2.61. The minimum Gasteiger partial charge on any atom is -0.493 e. The lowest BCUT2D eigenvalue weighted by Crippen LogP contribution is -2.36. The number of amides is 1. The Balaban J connectivity index is 2.07. The topological polar surface area (TPSA) is 66.8 Å². The van der Waals surface area contributed by atoms with Gasteiger partial charge in [-0.25, -0.2) is 0 Å². The van der Waals surface area contributed by atoms with Crippen LogP contribution in [-0.4, -0.2) is 40.3 Å². The van der Waals surface area contributed by atoms with Gasteiger partial charge in [0.05, 0.1) is 7.98 Å². The lowest BCUT2D eigenvalue weighted by Gasteiger charge is -2.28. The molecule has 0 aliphatic carbocycles. The fourth-order valence-corrected chi connectivity index (χ4v) is 3.65. The zero-order valence-electron chi connectivity index (χ0n) is 19.9. The molecule has 1 atom stereocenters. The average molecular weight is 481 g/mol. The molecule has 0 aliphatic heterocycles. The molecule has 0 saturated carbocycles. The number of rotatable bonds is 14. The number of ether oxygens (including phenoxy) is 1. The van der Waals surface area contributed by atoms with E-state index in [0.717, 1.165) is 19.3 Å². The van der Waals surface area contributed by atoms with Crippen LogP contribution in [0.4, 0.5) is 8.78 Å². The summed E-state index contributed by atoms with van der Waals surface area (Å²) in [5, 5.41) is 8.69. The van der Waals surface area contributed by atoms with Crippen LogP contribution < -0.4 is 4.74 Å². The van der Waals surface area contributed by atoms with E-state index >= 15 is 0 Å². The Morgan fingerprint density at radius 3 is 2.36 bits per heavy atom. The SMILES string of the molecule is [2H]C(c1ccccc1OCCCCCCC(=O)O)N(C(=O)c1ccc(SC(F)F)cc1)C(C)C. The fraction of sp³-hybridized carbons (Fsp3) is 0.440. The van der Waals surface area contributed by atoms with Crippen molar-refractivity contribution in [1.82, 2.24) is 4.90 Å². The second kappa shape index (κ2) is 13.8. The number of halogens is 2. The van der Waals surface area contributed by atoms with Gasteiger partial charge in [0.2, 0.25) is 0 Å². The highest BCUT2D eigenvalue weighted by Crippen LogP contribution is 2.26. The van der Waals surface area contributed by atoms with Crippen LogP contribution in [0.2, 0.25) is 0 Å². The molecule has 2 aromatic carbocycles. The molecule has 0 radical (unpaired) electrons. The van der Waals surface area contributed by atoms with E-state index < -0.39 is 18.2 Å². The van der Waals surface area contributed by atoms with E-state index in [-0.39, 0.29) is 18.4 Å². The summed E-state index contributed by atoms with van der Waals surface area (Å²) >= 11 is 0.416. The lowest BCUT2D eigenvalue weighted by molar-refractivity contribution is -0.137. The van der Waals surface area contributed by atoms with Crippen molar-refractivity contribution in [2.45, 2.75) is 69.2 Å². The maximum atomic E-state index is 13.2. The normalized spacial score (nSPS) is 12.5. The number of aliphatic carboxylic acids is 1. The van der Waals surface area contributed by atoms with Gasteiger partial charge in [-0.2, -0.15) is 8.78 Å². The van der Waals surface area contributed by atoms with Crippen molar-refractivity contribution in [3.05, 3.63) is 59.7 Å². The van der Waals surface area contributed by atoms with Crippen LogP contribution in [0.5, 0.6) is 5.75 Å². The third-order valence-corrected chi connectivity index (χ3v) is 5.58. The van der Waals surface area contributed by atoms with E-state index in [4.69, 9.17) is 11.2 Å².